The molecular weight excluding hydrogens is 428 g/mol. The van der Waals surface area contributed by atoms with Gasteiger partial charge in [-0.15, -0.1) is 0 Å². The predicted octanol–water partition coefficient (Wildman–Crippen LogP) is 5.74. The van der Waals surface area contributed by atoms with Gasteiger partial charge < -0.3 is 14.5 Å². The largest absolute Gasteiger partial charge is 0.454 e. The molecule has 5 heteroatoms. The molecule has 0 aliphatic carbocycles. The van der Waals surface area contributed by atoms with E-state index in [2.05, 4.69) is 35.6 Å². The van der Waals surface area contributed by atoms with E-state index in [-0.39, 0.29) is 12.1 Å². The number of carbonyl (C=O) groups excluding carboxylic acids is 1. The minimum absolute atomic E-state index is 0.0137. The Hall–Kier alpha value is -2.76. The lowest BCUT2D eigenvalue weighted by Crippen LogP contribution is -2.64. The fourth-order valence-electron chi connectivity index (χ4n) is 5.11. The average Bonchev–Trinajstić information content (AvgIpc) is 2.88. The molecule has 3 aliphatic rings. The summed E-state index contributed by atoms with van der Waals surface area (Å²) in [5, 5.41) is 3.40. The van der Waals surface area contributed by atoms with Gasteiger partial charge in [0.05, 0.1) is 13.1 Å². The van der Waals surface area contributed by atoms with Crippen molar-refractivity contribution >= 4 is 23.4 Å². The Balaban J connectivity index is 1.29. The fourth-order valence-corrected chi connectivity index (χ4v) is 6.24. The standard InChI is InChI=1S/C28H31N2O2S/c31-28(27(23-10-4-1-5-11-23)29-24-12-6-2-7-13-24)32-26-20-30(18-16-22(26)17-19-30)21-33-25-14-8-3-9-15-25/h1-15,22,26-27,29H,16-21H2/q+1/t22?,26-,27?,30?/m0/s1. The monoisotopic (exact) mass is 459 g/mol. The van der Waals surface area contributed by atoms with Gasteiger partial charge in [-0.25, -0.2) is 4.79 Å². The lowest BCUT2D eigenvalue weighted by Gasteiger charge is -2.51. The van der Waals surface area contributed by atoms with Crippen LogP contribution >= 0.6 is 11.8 Å². The zero-order valence-corrected chi connectivity index (χ0v) is 19.6. The molecule has 0 aromatic heterocycles. The highest BCUT2D eigenvalue weighted by molar-refractivity contribution is 7.99. The second kappa shape index (κ2) is 10.0. The molecule has 3 heterocycles. The second-order valence-corrected chi connectivity index (χ2v) is 10.2. The number of carbonyl (C=O) groups is 1. The van der Waals surface area contributed by atoms with E-state index in [1.54, 1.807) is 0 Å². The van der Waals surface area contributed by atoms with E-state index in [1.807, 2.05) is 72.4 Å². The molecular formula is C28H31N2O2S+. The molecule has 0 spiro atoms. The number of hydrogen-bond acceptors (Lipinski definition) is 4. The van der Waals surface area contributed by atoms with E-state index >= 15 is 0 Å². The molecule has 0 amide bonds. The Morgan fingerprint density at radius 1 is 0.909 bits per heavy atom. The van der Waals surface area contributed by atoms with E-state index in [4.69, 9.17) is 4.74 Å². The molecule has 6 rings (SSSR count). The molecule has 0 radical (unpaired) electrons. The van der Waals surface area contributed by atoms with Crippen LogP contribution < -0.4 is 5.32 Å². The van der Waals surface area contributed by atoms with Crippen LogP contribution in [-0.2, 0) is 9.53 Å². The van der Waals surface area contributed by atoms with Gasteiger partial charge >= 0.3 is 5.97 Å². The summed E-state index contributed by atoms with van der Waals surface area (Å²) in [6.45, 7) is 3.29. The summed E-state index contributed by atoms with van der Waals surface area (Å²) in [5.41, 5.74) is 1.84. The van der Waals surface area contributed by atoms with Crippen LogP contribution in [0.5, 0.6) is 0 Å². The highest BCUT2D eigenvalue weighted by Gasteiger charge is 2.48. The molecule has 3 aromatic carbocycles. The van der Waals surface area contributed by atoms with Crippen molar-refractivity contribution in [3.63, 3.8) is 0 Å². The number of hydrogen-bond donors (Lipinski definition) is 1. The summed E-state index contributed by atoms with van der Waals surface area (Å²) in [6, 6.07) is 29.9. The lowest BCUT2D eigenvalue weighted by atomic mass is 9.84. The lowest BCUT2D eigenvalue weighted by molar-refractivity contribution is -0.934. The van der Waals surface area contributed by atoms with Crippen molar-refractivity contribution < 1.29 is 14.0 Å². The van der Waals surface area contributed by atoms with Crippen molar-refractivity contribution in [3.8, 4) is 0 Å². The van der Waals surface area contributed by atoms with Crippen molar-refractivity contribution in [1.29, 1.82) is 0 Å². The summed E-state index contributed by atoms with van der Waals surface area (Å²) in [4.78, 5) is 14.8. The van der Waals surface area contributed by atoms with Crippen molar-refractivity contribution in [3.05, 3.63) is 96.6 Å². The number of ether oxygens (including phenoxy) is 1. The minimum Gasteiger partial charge on any atom is -0.454 e. The van der Waals surface area contributed by atoms with Crippen molar-refractivity contribution in [1.82, 2.24) is 0 Å². The minimum atomic E-state index is -0.517. The number of quaternary nitrogens is 1. The zero-order chi connectivity index (χ0) is 22.5. The number of fused-ring (bicyclic) bond motifs is 3. The van der Waals surface area contributed by atoms with Gasteiger partial charge in [0, 0.05) is 29.3 Å². The number of esters is 1. The maximum atomic E-state index is 13.5. The number of para-hydroxylation sites is 1. The SMILES string of the molecule is O=C(O[C@H]1C[N+]2(CSc3ccccc3)CCC1CC2)C(Nc1ccccc1)c1ccccc1. The number of nitrogens with zero attached hydrogens (tertiary/aromatic N) is 1. The van der Waals surface area contributed by atoms with Gasteiger partial charge in [-0.2, -0.15) is 0 Å². The molecule has 2 atom stereocenters. The maximum Gasteiger partial charge on any atom is 0.333 e. The molecule has 2 bridgehead atoms. The first-order valence-electron chi connectivity index (χ1n) is 11.8. The van der Waals surface area contributed by atoms with Gasteiger partial charge in [-0.05, 0) is 29.8 Å². The van der Waals surface area contributed by atoms with Gasteiger partial charge in [0.15, 0.2) is 12.1 Å². The summed E-state index contributed by atoms with van der Waals surface area (Å²) >= 11 is 1.92. The Kier molecular flexibility index (Phi) is 6.70. The smallest absolute Gasteiger partial charge is 0.333 e. The number of benzene rings is 3. The Bertz CT molecular complexity index is 1040. The predicted molar refractivity (Wildman–Crippen MR) is 134 cm³/mol. The quantitative estimate of drug-likeness (QED) is 0.265. The van der Waals surface area contributed by atoms with Gasteiger partial charge in [0.1, 0.15) is 12.4 Å². The highest BCUT2D eigenvalue weighted by Crippen LogP contribution is 2.38. The zero-order valence-electron chi connectivity index (χ0n) is 18.8. The third-order valence-corrected chi connectivity index (χ3v) is 8.29. The Labute approximate surface area is 200 Å². The Morgan fingerprint density at radius 2 is 1.52 bits per heavy atom. The number of thioether (sulfide) groups is 1. The van der Waals surface area contributed by atoms with Crippen LogP contribution in [0.25, 0.3) is 0 Å². The van der Waals surface area contributed by atoms with E-state index in [9.17, 15) is 4.79 Å². The summed E-state index contributed by atoms with van der Waals surface area (Å²) < 4.78 is 7.30. The number of piperidine rings is 3. The molecule has 4 nitrogen and oxygen atoms in total. The molecule has 1 unspecified atom stereocenters. The highest BCUT2D eigenvalue weighted by atomic mass is 32.2. The average molecular weight is 460 g/mol. The van der Waals surface area contributed by atoms with Gasteiger partial charge in [0.2, 0.25) is 0 Å². The van der Waals surface area contributed by atoms with Gasteiger partial charge in [-0.1, -0.05) is 78.5 Å². The first-order chi connectivity index (χ1) is 16.2. The van der Waals surface area contributed by atoms with Crippen LogP contribution in [0.4, 0.5) is 5.69 Å². The van der Waals surface area contributed by atoms with Crippen LogP contribution in [0.1, 0.15) is 24.4 Å². The molecule has 3 aromatic rings. The molecule has 0 saturated carbocycles. The molecule has 170 valence electrons. The van der Waals surface area contributed by atoms with Crippen LogP contribution in [0, 0.1) is 5.92 Å². The maximum absolute atomic E-state index is 13.5. The third-order valence-electron chi connectivity index (χ3n) is 7.01. The van der Waals surface area contributed by atoms with Crippen molar-refractivity contribution in [2.75, 3.05) is 30.8 Å². The van der Waals surface area contributed by atoms with Gasteiger partial charge in [-0.3, -0.25) is 0 Å². The molecule has 3 saturated heterocycles. The first-order valence-corrected chi connectivity index (χ1v) is 12.8. The number of nitrogens with one attached hydrogen (secondary N) is 1. The normalized spacial score (nSPS) is 24.7. The fraction of sp³-hybridized carbons (Fsp3) is 0.321. The summed E-state index contributed by atoms with van der Waals surface area (Å²) in [6.07, 6.45) is 2.25. The number of anilines is 1. The van der Waals surface area contributed by atoms with Gasteiger partial charge in [0.25, 0.3) is 0 Å². The van der Waals surface area contributed by atoms with Crippen molar-refractivity contribution in [2.24, 2.45) is 5.92 Å². The summed E-state index contributed by atoms with van der Waals surface area (Å²) in [5.74, 6) is 1.33. The Morgan fingerprint density at radius 3 is 2.18 bits per heavy atom. The van der Waals surface area contributed by atoms with E-state index < -0.39 is 6.04 Å². The van der Waals surface area contributed by atoms with Crippen LogP contribution in [0.3, 0.4) is 0 Å². The number of rotatable bonds is 8. The molecule has 1 N–H and O–H groups in total. The van der Waals surface area contributed by atoms with Crippen LogP contribution in [0.2, 0.25) is 0 Å². The van der Waals surface area contributed by atoms with E-state index in [1.165, 1.54) is 18.0 Å². The van der Waals surface area contributed by atoms with Crippen LogP contribution in [0.15, 0.2) is 95.9 Å². The topological polar surface area (TPSA) is 38.3 Å². The van der Waals surface area contributed by atoms with Crippen molar-refractivity contribution in [2.45, 2.75) is 29.9 Å². The van der Waals surface area contributed by atoms with E-state index in [0.717, 1.165) is 41.0 Å². The molecule has 3 fully saturated rings. The first kappa shape index (κ1) is 22.1. The molecule has 33 heavy (non-hydrogen) atoms. The van der Waals surface area contributed by atoms with Crippen LogP contribution in [-0.4, -0.2) is 42.1 Å². The van der Waals surface area contributed by atoms with E-state index in [0.29, 0.717) is 5.92 Å². The second-order valence-electron chi connectivity index (χ2n) is 9.22. The third kappa shape index (κ3) is 5.26. The molecule has 3 aliphatic heterocycles. The summed E-state index contributed by atoms with van der Waals surface area (Å²) in [7, 11) is 0.